The number of rotatable bonds is 5. The van der Waals surface area contributed by atoms with Crippen molar-refractivity contribution in [1.82, 2.24) is 15.1 Å². The maximum absolute atomic E-state index is 12.7. The predicted molar refractivity (Wildman–Crippen MR) is 71.3 cm³/mol. The van der Waals surface area contributed by atoms with Gasteiger partial charge in [0, 0.05) is 25.2 Å². The summed E-state index contributed by atoms with van der Waals surface area (Å²) < 4.78 is 39.2. The lowest BCUT2D eigenvalue weighted by Crippen LogP contribution is -2.45. The fraction of sp³-hybridized carbons (Fsp3) is 0.583. The highest BCUT2D eigenvalue weighted by Crippen LogP contribution is 2.33. The molecule has 22 heavy (non-hydrogen) atoms. The van der Waals surface area contributed by atoms with Crippen LogP contribution in [0.5, 0.6) is 0 Å². The van der Waals surface area contributed by atoms with Crippen LogP contribution in [0.2, 0.25) is 0 Å². The fourth-order valence-electron chi connectivity index (χ4n) is 1.73. The van der Waals surface area contributed by atoms with Crippen molar-refractivity contribution in [2.45, 2.75) is 38.4 Å². The third-order valence-electron chi connectivity index (χ3n) is 2.76. The minimum atomic E-state index is -4.69. The van der Waals surface area contributed by atoms with Crippen LogP contribution < -0.4 is 10.6 Å². The molecule has 7 nitrogen and oxygen atoms in total. The summed E-state index contributed by atoms with van der Waals surface area (Å²) in [4.78, 5) is 22.3. The molecule has 0 aromatic carbocycles. The second-order valence-electron chi connectivity index (χ2n) is 5.42. The van der Waals surface area contributed by atoms with Crippen molar-refractivity contribution in [3.8, 4) is 0 Å². The van der Waals surface area contributed by atoms with Crippen LogP contribution in [0.25, 0.3) is 0 Å². The molecule has 10 heteroatoms. The Labute approximate surface area is 124 Å². The van der Waals surface area contributed by atoms with Gasteiger partial charge in [-0.05, 0) is 20.3 Å². The number of halogens is 3. The van der Waals surface area contributed by atoms with Gasteiger partial charge in [-0.25, -0.2) is 4.79 Å². The first-order valence-corrected chi connectivity index (χ1v) is 6.32. The van der Waals surface area contributed by atoms with Crippen molar-refractivity contribution in [3.05, 3.63) is 11.9 Å². The van der Waals surface area contributed by atoms with E-state index in [1.54, 1.807) is 13.8 Å². The second-order valence-corrected chi connectivity index (χ2v) is 5.42. The van der Waals surface area contributed by atoms with Gasteiger partial charge in [0.2, 0.25) is 0 Å². The summed E-state index contributed by atoms with van der Waals surface area (Å²) in [5.74, 6) is -1.03. The topological polar surface area (TPSA) is 96.2 Å². The molecule has 0 aliphatic rings. The standard InChI is InChI=1S/C12H17F3N4O3/c1-11(2,5-4-8(20)21)17-10(22)16-7-6-19(3)18-9(7)12(13,14)15/h6H,4-5H2,1-3H3,(H,20,21)(H2,16,17,22). The number of carboxylic acid groups (broad SMARTS) is 1. The van der Waals surface area contributed by atoms with E-state index >= 15 is 0 Å². The second kappa shape index (κ2) is 6.24. The zero-order chi connectivity index (χ0) is 17.1. The molecule has 1 aromatic heterocycles. The van der Waals surface area contributed by atoms with Crippen LogP contribution in [0.3, 0.4) is 0 Å². The normalized spacial score (nSPS) is 12.1. The van der Waals surface area contributed by atoms with Gasteiger partial charge in [0.15, 0.2) is 5.69 Å². The van der Waals surface area contributed by atoms with Gasteiger partial charge in [0.05, 0.1) is 5.69 Å². The molecule has 1 aromatic rings. The largest absolute Gasteiger partial charge is 0.481 e. The maximum atomic E-state index is 12.7. The van der Waals surface area contributed by atoms with E-state index in [-0.39, 0.29) is 12.8 Å². The molecule has 2 amide bonds. The number of carbonyl (C=O) groups excluding carboxylic acids is 1. The van der Waals surface area contributed by atoms with Crippen LogP contribution in [0, 0.1) is 0 Å². The number of hydrogen-bond acceptors (Lipinski definition) is 3. The van der Waals surface area contributed by atoms with Crippen molar-refractivity contribution >= 4 is 17.7 Å². The van der Waals surface area contributed by atoms with Crippen LogP contribution in [0.1, 0.15) is 32.4 Å². The smallest absolute Gasteiger partial charge is 0.437 e. The number of carbonyl (C=O) groups is 2. The van der Waals surface area contributed by atoms with Gasteiger partial charge in [-0.3, -0.25) is 9.48 Å². The summed E-state index contributed by atoms with van der Waals surface area (Å²) in [5.41, 5.74) is -2.56. The van der Waals surface area contributed by atoms with Crippen LogP contribution in [0.4, 0.5) is 23.7 Å². The number of nitrogens with zero attached hydrogens (tertiary/aromatic N) is 2. The van der Waals surface area contributed by atoms with E-state index in [1.807, 2.05) is 0 Å². The lowest BCUT2D eigenvalue weighted by atomic mass is 9.99. The molecule has 0 aliphatic heterocycles. The first kappa shape index (κ1) is 17.8. The predicted octanol–water partition coefficient (Wildman–Crippen LogP) is 2.20. The van der Waals surface area contributed by atoms with Crippen molar-refractivity contribution in [2.75, 3.05) is 5.32 Å². The van der Waals surface area contributed by atoms with Gasteiger partial charge in [0.1, 0.15) is 0 Å². The molecule has 0 bridgehead atoms. The lowest BCUT2D eigenvalue weighted by Gasteiger charge is -2.25. The lowest BCUT2D eigenvalue weighted by molar-refractivity contribution is -0.141. The van der Waals surface area contributed by atoms with Gasteiger partial charge in [0.25, 0.3) is 0 Å². The van der Waals surface area contributed by atoms with E-state index in [2.05, 4.69) is 15.7 Å². The van der Waals surface area contributed by atoms with Crippen molar-refractivity contribution in [3.63, 3.8) is 0 Å². The number of hydrogen-bond donors (Lipinski definition) is 3. The van der Waals surface area contributed by atoms with Crippen molar-refractivity contribution in [2.24, 2.45) is 7.05 Å². The van der Waals surface area contributed by atoms with E-state index < -0.39 is 35.1 Å². The number of aliphatic carboxylic acids is 1. The Morgan fingerprint density at radius 1 is 1.36 bits per heavy atom. The number of carboxylic acids is 1. The average Bonchev–Trinajstić information content (AvgIpc) is 2.66. The molecule has 1 rings (SSSR count). The SMILES string of the molecule is Cn1cc(NC(=O)NC(C)(C)CCC(=O)O)c(C(F)(F)F)n1. The summed E-state index contributed by atoms with van der Waals surface area (Å²) >= 11 is 0. The highest BCUT2D eigenvalue weighted by molar-refractivity contribution is 5.90. The molecule has 124 valence electrons. The van der Waals surface area contributed by atoms with Crippen molar-refractivity contribution in [1.29, 1.82) is 0 Å². The molecular formula is C12H17F3N4O3. The summed E-state index contributed by atoms with van der Waals surface area (Å²) in [6.45, 7) is 3.15. The number of anilines is 1. The Bertz CT molecular complexity index is 566. The summed E-state index contributed by atoms with van der Waals surface area (Å²) in [6.07, 6.45) is -3.70. The molecule has 0 atom stereocenters. The molecule has 0 fully saturated rings. The van der Waals surface area contributed by atoms with Gasteiger partial charge in [-0.1, -0.05) is 0 Å². The average molecular weight is 322 g/mol. The Morgan fingerprint density at radius 2 is 1.95 bits per heavy atom. The molecule has 0 spiro atoms. The quantitative estimate of drug-likeness (QED) is 0.774. The van der Waals surface area contributed by atoms with Crippen LogP contribution in [-0.2, 0) is 18.0 Å². The first-order valence-electron chi connectivity index (χ1n) is 6.32. The minimum absolute atomic E-state index is 0.134. The molecule has 0 radical (unpaired) electrons. The number of nitrogens with one attached hydrogen (secondary N) is 2. The summed E-state index contributed by atoms with van der Waals surface area (Å²) in [7, 11) is 1.30. The van der Waals surface area contributed by atoms with E-state index in [0.29, 0.717) is 0 Å². The van der Waals surface area contributed by atoms with Gasteiger partial charge >= 0.3 is 18.2 Å². The molecule has 0 saturated carbocycles. The molecule has 1 heterocycles. The molecule has 0 aliphatic carbocycles. The van der Waals surface area contributed by atoms with E-state index in [4.69, 9.17) is 5.11 Å². The monoisotopic (exact) mass is 322 g/mol. The van der Waals surface area contributed by atoms with E-state index in [0.717, 1.165) is 10.9 Å². The third-order valence-corrected chi connectivity index (χ3v) is 2.76. The summed E-state index contributed by atoms with van der Waals surface area (Å²) in [6, 6.07) is -0.867. The first-order chi connectivity index (χ1) is 9.90. The van der Waals surface area contributed by atoms with E-state index in [9.17, 15) is 22.8 Å². The maximum Gasteiger partial charge on any atom is 0.437 e. The van der Waals surface area contributed by atoms with Gasteiger partial charge < -0.3 is 15.7 Å². The number of aromatic nitrogens is 2. The number of urea groups is 1. The number of aryl methyl sites for hydroxylation is 1. The van der Waals surface area contributed by atoms with Crippen LogP contribution >= 0.6 is 0 Å². The van der Waals surface area contributed by atoms with Crippen LogP contribution in [0.15, 0.2) is 6.20 Å². The molecular weight excluding hydrogens is 305 g/mol. The number of alkyl halides is 3. The Kier molecular flexibility index (Phi) is 5.05. The molecule has 3 N–H and O–H groups in total. The Hall–Kier alpha value is -2.26. The fourth-order valence-corrected chi connectivity index (χ4v) is 1.73. The number of amides is 2. The minimum Gasteiger partial charge on any atom is -0.481 e. The summed E-state index contributed by atoms with van der Waals surface area (Å²) in [5, 5.41) is 16.4. The van der Waals surface area contributed by atoms with Gasteiger partial charge in [-0.2, -0.15) is 18.3 Å². The van der Waals surface area contributed by atoms with Gasteiger partial charge in [-0.15, -0.1) is 0 Å². The Morgan fingerprint density at radius 3 is 2.45 bits per heavy atom. The highest BCUT2D eigenvalue weighted by Gasteiger charge is 2.37. The Balaban J connectivity index is 2.75. The van der Waals surface area contributed by atoms with Crippen LogP contribution in [-0.4, -0.2) is 32.4 Å². The third kappa shape index (κ3) is 5.26. The molecule has 0 unspecified atom stereocenters. The zero-order valence-corrected chi connectivity index (χ0v) is 12.3. The zero-order valence-electron chi connectivity index (χ0n) is 12.3. The van der Waals surface area contributed by atoms with E-state index in [1.165, 1.54) is 7.05 Å². The molecule has 0 saturated heterocycles. The van der Waals surface area contributed by atoms with Crippen molar-refractivity contribution < 1.29 is 27.9 Å². The highest BCUT2D eigenvalue weighted by atomic mass is 19.4.